The minimum absolute atomic E-state index is 0.308. The highest BCUT2D eigenvalue weighted by Crippen LogP contribution is 2.28. The Morgan fingerprint density at radius 2 is 2.17 bits per heavy atom. The van der Waals surface area contributed by atoms with Crippen molar-refractivity contribution in [1.29, 1.82) is 0 Å². The second-order valence-corrected chi connectivity index (χ2v) is 5.62. The van der Waals surface area contributed by atoms with E-state index in [4.69, 9.17) is 0 Å². The molecule has 0 aromatic carbocycles. The third-order valence-corrected chi connectivity index (χ3v) is 4.39. The number of aryl methyl sites for hydroxylation is 1. The molecule has 0 bridgehead atoms. The molecule has 0 saturated carbocycles. The molecule has 4 nitrogen and oxygen atoms in total. The quantitative estimate of drug-likeness (QED) is 0.884. The molecule has 102 valence electrons. The highest BCUT2D eigenvalue weighted by atomic mass is 15.3. The van der Waals surface area contributed by atoms with Crippen LogP contribution in [0.1, 0.15) is 39.2 Å². The number of hydrogen-bond donors (Lipinski definition) is 1. The number of piperazine rings is 1. The molecular weight excluding hydrogens is 224 g/mol. The fourth-order valence-electron chi connectivity index (χ4n) is 3.02. The maximum absolute atomic E-state index is 4.27. The van der Waals surface area contributed by atoms with E-state index in [0.717, 1.165) is 19.6 Å². The predicted octanol–water partition coefficient (Wildman–Crippen LogP) is 1.77. The average Bonchev–Trinajstić information content (AvgIpc) is 2.76. The van der Waals surface area contributed by atoms with Gasteiger partial charge in [0.15, 0.2) is 0 Å². The Bertz CT molecular complexity index is 381. The molecule has 0 radical (unpaired) electrons. The molecule has 2 heterocycles. The molecule has 0 aliphatic carbocycles. The van der Waals surface area contributed by atoms with Gasteiger partial charge in [0.2, 0.25) is 0 Å². The van der Waals surface area contributed by atoms with Crippen LogP contribution in [0.5, 0.6) is 0 Å². The first-order valence-corrected chi connectivity index (χ1v) is 7.05. The summed E-state index contributed by atoms with van der Waals surface area (Å²) in [6, 6.07) is 0.577. The normalized spacial score (nSPS) is 24.3. The smallest absolute Gasteiger partial charge is 0.0534 e. The third-order valence-electron chi connectivity index (χ3n) is 4.39. The Morgan fingerprint density at radius 1 is 1.44 bits per heavy atom. The average molecular weight is 250 g/mol. The van der Waals surface area contributed by atoms with Crippen LogP contribution in [0.15, 0.2) is 12.4 Å². The van der Waals surface area contributed by atoms with Crippen LogP contribution < -0.4 is 5.32 Å². The van der Waals surface area contributed by atoms with E-state index in [1.165, 1.54) is 18.4 Å². The topological polar surface area (TPSA) is 33.1 Å². The zero-order valence-electron chi connectivity index (χ0n) is 12.1. The number of nitrogens with zero attached hydrogens (tertiary/aromatic N) is 3. The van der Waals surface area contributed by atoms with Gasteiger partial charge in [0.05, 0.1) is 6.20 Å². The van der Waals surface area contributed by atoms with Crippen molar-refractivity contribution in [3.63, 3.8) is 0 Å². The Labute approximate surface area is 110 Å². The van der Waals surface area contributed by atoms with Crippen LogP contribution in [0.2, 0.25) is 0 Å². The van der Waals surface area contributed by atoms with Gasteiger partial charge in [-0.1, -0.05) is 13.8 Å². The number of aromatic nitrogens is 2. The van der Waals surface area contributed by atoms with Gasteiger partial charge in [0, 0.05) is 50.0 Å². The highest BCUT2D eigenvalue weighted by molar-refractivity contribution is 5.07. The lowest BCUT2D eigenvalue weighted by Crippen LogP contribution is -2.63. The summed E-state index contributed by atoms with van der Waals surface area (Å²) in [5.41, 5.74) is 1.63. The molecule has 1 unspecified atom stereocenters. The molecule has 0 spiro atoms. The van der Waals surface area contributed by atoms with E-state index in [2.05, 4.69) is 42.3 Å². The molecule has 2 rings (SSSR count). The standard InChI is InChI=1S/C14H26N4/c1-5-14(6-2)11-15-12(3)8-18(14)10-13-7-16-17(4)9-13/h7,9,12,15H,5-6,8,10-11H2,1-4H3. The van der Waals surface area contributed by atoms with Gasteiger partial charge < -0.3 is 5.32 Å². The van der Waals surface area contributed by atoms with Crippen molar-refractivity contribution < 1.29 is 0 Å². The Balaban J connectivity index is 2.15. The van der Waals surface area contributed by atoms with Crippen molar-refractivity contribution in [2.45, 2.75) is 51.7 Å². The molecule has 18 heavy (non-hydrogen) atoms. The summed E-state index contributed by atoms with van der Waals surface area (Å²) in [6.45, 7) is 10.1. The molecule has 1 N–H and O–H groups in total. The van der Waals surface area contributed by atoms with Gasteiger partial charge in [0.25, 0.3) is 0 Å². The second kappa shape index (κ2) is 5.41. The van der Waals surface area contributed by atoms with Gasteiger partial charge in [-0.15, -0.1) is 0 Å². The van der Waals surface area contributed by atoms with Crippen LogP contribution in [-0.2, 0) is 13.6 Å². The van der Waals surface area contributed by atoms with Gasteiger partial charge in [-0.3, -0.25) is 9.58 Å². The van der Waals surface area contributed by atoms with E-state index in [9.17, 15) is 0 Å². The summed E-state index contributed by atoms with van der Waals surface area (Å²) in [4.78, 5) is 2.64. The molecular formula is C14H26N4. The minimum Gasteiger partial charge on any atom is -0.311 e. The van der Waals surface area contributed by atoms with E-state index in [0.29, 0.717) is 11.6 Å². The van der Waals surface area contributed by atoms with Gasteiger partial charge >= 0.3 is 0 Å². The second-order valence-electron chi connectivity index (χ2n) is 5.62. The van der Waals surface area contributed by atoms with Crippen LogP contribution in [-0.4, -0.2) is 39.4 Å². The lowest BCUT2D eigenvalue weighted by atomic mass is 9.87. The largest absolute Gasteiger partial charge is 0.311 e. The summed E-state index contributed by atoms with van der Waals surface area (Å²) < 4.78 is 1.89. The van der Waals surface area contributed by atoms with E-state index in [1.807, 2.05) is 17.9 Å². The first kappa shape index (κ1) is 13.6. The zero-order chi connectivity index (χ0) is 13.2. The van der Waals surface area contributed by atoms with E-state index in [1.54, 1.807) is 0 Å². The molecule has 1 aliphatic rings. The van der Waals surface area contributed by atoms with Crippen LogP contribution in [0.25, 0.3) is 0 Å². The van der Waals surface area contributed by atoms with Crippen LogP contribution in [0, 0.1) is 0 Å². The van der Waals surface area contributed by atoms with Crippen LogP contribution in [0.3, 0.4) is 0 Å². The molecule has 1 aromatic rings. The summed E-state index contributed by atoms with van der Waals surface area (Å²) >= 11 is 0. The molecule has 1 saturated heterocycles. The summed E-state index contributed by atoms with van der Waals surface area (Å²) in [6.07, 6.45) is 6.51. The number of rotatable bonds is 4. The van der Waals surface area contributed by atoms with E-state index >= 15 is 0 Å². The molecule has 1 aromatic heterocycles. The summed E-state index contributed by atoms with van der Waals surface area (Å²) in [7, 11) is 1.98. The Hall–Kier alpha value is -0.870. The summed E-state index contributed by atoms with van der Waals surface area (Å²) in [5.74, 6) is 0. The van der Waals surface area contributed by atoms with Crippen LogP contribution in [0.4, 0.5) is 0 Å². The Morgan fingerprint density at radius 3 is 2.72 bits per heavy atom. The number of hydrogen-bond acceptors (Lipinski definition) is 3. The SMILES string of the molecule is CCC1(CC)CNC(C)CN1Cc1cnn(C)c1. The van der Waals surface area contributed by atoms with E-state index < -0.39 is 0 Å². The van der Waals surface area contributed by atoms with Gasteiger partial charge in [-0.2, -0.15) is 5.10 Å². The first-order chi connectivity index (χ1) is 8.59. The van der Waals surface area contributed by atoms with Crippen molar-refractivity contribution in [3.05, 3.63) is 18.0 Å². The predicted molar refractivity (Wildman–Crippen MR) is 74.4 cm³/mol. The fourth-order valence-corrected chi connectivity index (χ4v) is 3.02. The van der Waals surface area contributed by atoms with Gasteiger partial charge in [0.1, 0.15) is 0 Å². The molecule has 4 heteroatoms. The molecule has 1 aliphatic heterocycles. The molecule has 1 fully saturated rings. The van der Waals surface area contributed by atoms with Crippen molar-refractivity contribution in [2.24, 2.45) is 7.05 Å². The zero-order valence-corrected chi connectivity index (χ0v) is 12.1. The third kappa shape index (κ3) is 2.59. The number of nitrogens with one attached hydrogen (secondary N) is 1. The minimum atomic E-state index is 0.308. The monoisotopic (exact) mass is 250 g/mol. The maximum atomic E-state index is 4.27. The van der Waals surface area contributed by atoms with Crippen molar-refractivity contribution in [3.8, 4) is 0 Å². The highest BCUT2D eigenvalue weighted by Gasteiger charge is 2.37. The fraction of sp³-hybridized carbons (Fsp3) is 0.786. The van der Waals surface area contributed by atoms with Crippen molar-refractivity contribution >= 4 is 0 Å². The maximum Gasteiger partial charge on any atom is 0.0534 e. The first-order valence-electron chi connectivity index (χ1n) is 7.05. The molecule has 1 atom stereocenters. The summed E-state index contributed by atoms with van der Waals surface area (Å²) in [5, 5.41) is 7.91. The van der Waals surface area contributed by atoms with Gasteiger partial charge in [-0.05, 0) is 19.8 Å². The van der Waals surface area contributed by atoms with E-state index in [-0.39, 0.29) is 0 Å². The van der Waals surface area contributed by atoms with Gasteiger partial charge in [-0.25, -0.2) is 0 Å². The van der Waals surface area contributed by atoms with Crippen LogP contribution >= 0.6 is 0 Å². The lowest BCUT2D eigenvalue weighted by Gasteiger charge is -2.49. The lowest BCUT2D eigenvalue weighted by molar-refractivity contribution is 0.0278. The molecule has 0 amide bonds. The van der Waals surface area contributed by atoms with Crippen molar-refractivity contribution in [2.75, 3.05) is 13.1 Å². The Kier molecular flexibility index (Phi) is 4.07. The van der Waals surface area contributed by atoms with Crippen molar-refractivity contribution in [1.82, 2.24) is 20.0 Å².